The molecule has 1 N–H and O–H groups in total. The van der Waals surface area contributed by atoms with E-state index in [1.165, 1.54) is 4.68 Å². The van der Waals surface area contributed by atoms with Gasteiger partial charge in [0.15, 0.2) is 0 Å². The third kappa shape index (κ3) is 4.07. The van der Waals surface area contributed by atoms with Crippen LogP contribution in [-0.4, -0.2) is 25.4 Å². The SMILES string of the molecule is CCCCn1ncc(NC(C)Cn2ccnc2)c(Cl)c1=O. The van der Waals surface area contributed by atoms with Crippen LogP contribution in [0.1, 0.15) is 26.7 Å². The molecular formula is C14H20ClN5O. The summed E-state index contributed by atoms with van der Waals surface area (Å²) in [4.78, 5) is 16.1. The molecule has 7 heteroatoms. The lowest BCUT2D eigenvalue weighted by atomic mass is 10.3. The van der Waals surface area contributed by atoms with Crippen molar-refractivity contribution in [1.82, 2.24) is 19.3 Å². The highest BCUT2D eigenvalue weighted by atomic mass is 35.5. The lowest BCUT2D eigenvalue weighted by Gasteiger charge is -2.16. The summed E-state index contributed by atoms with van der Waals surface area (Å²) >= 11 is 6.15. The molecule has 0 radical (unpaired) electrons. The maximum atomic E-state index is 12.1. The van der Waals surface area contributed by atoms with Crippen LogP contribution in [0.5, 0.6) is 0 Å². The molecule has 2 aromatic rings. The smallest absolute Gasteiger partial charge is 0.287 e. The second-order valence-corrected chi connectivity index (χ2v) is 5.44. The zero-order valence-corrected chi connectivity index (χ0v) is 13.0. The molecule has 0 saturated heterocycles. The topological polar surface area (TPSA) is 64.7 Å². The van der Waals surface area contributed by atoms with Crippen LogP contribution in [-0.2, 0) is 13.1 Å². The Labute approximate surface area is 128 Å². The summed E-state index contributed by atoms with van der Waals surface area (Å²) in [6, 6.07) is 0.101. The van der Waals surface area contributed by atoms with Gasteiger partial charge in [-0.3, -0.25) is 4.79 Å². The van der Waals surface area contributed by atoms with Crippen LogP contribution in [0.3, 0.4) is 0 Å². The maximum Gasteiger partial charge on any atom is 0.287 e. The molecule has 0 aliphatic heterocycles. The second-order valence-electron chi connectivity index (χ2n) is 5.06. The average molecular weight is 310 g/mol. The van der Waals surface area contributed by atoms with Crippen molar-refractivity contribution in [1.29, 1.82) is 0 Å². The first-order valence-electron chi connectivity index (χ1n) is 7.09. The van der Waals surface area contributed by atoms with Crippen molar-refractivity contribution in [2.45, 2.75) is 45.8 Å². The van der Waals surface area contributed by atoms with E-state index in [1.54, 1.807) is 18.7 Å². The van der Waals surface area contributed by atoms with E-state index in [0.29, 0.717) is 12.2 Å². The van der Waals surface area contributed by atoms with Crippen LogP contribution >= 0.6 is 11.6 Å². The number of nitrogens with one attached hydrogen (secondary N) is 1. The first-order valence-corrected chi connectivity index (χ1v) is 7.47. The van der Waals surface area contributed by atoms with Gasteiger partial charge in [-0.25, -0.2) is 9.67 Å². The Bertz CT molecular complexity index is 623. The van der Waals surface area contributed by atoms with E-state index in [1.807, 2.05) is 17.7 Å². The molecule has 2 rings (SSSR count). The van der Waals surface area contributed by atoms with Gasteiger partial charge in [-0.05, 0) is 13.3 Å². The molecule has 0 amide bonds. The number of aromatic nitrogens is 4. The number of unbranched alkanes of at least 4 members (excludes halogenated alkanes) is 1. The molecule has 0 spiro atoms. The number of hydrogen-bond acceptors (Lipinski definition) is 4. The van der Waals surface area contributed by atoms with E-state index in [9.17, 15) is 4.79 Å². The minimum atomic E-state index is -0.245. The van der Waals surface area contributed by atoms with Gasteiger partial charge in [0.05, 0.1) is 18.2 Å². The molecule has 0 aliphatic rings. The molecule has 0 bridgehead atoms. The van der Waals surface area contributed by atoms with E-state index >= 15 is 0 Å². The highest BCUT2D eigenvalue weighted by Gasteiger charge is 2.11. The average Bonchev–Trinajstić information content (AvgIpc) is 2.96. The largest absolute Gasteiger partial charge is 0.378 e. The summed E-state index contributed by atoms with van der Waals surface area (Å²) in [5.41, 5.74) is 0.326. The second kappa shape index (κ2) is 7.26. The molecule has 2 heterocycles. The Balaban J connectivity index is 2.06. The molecule has 0 aromatic carbocycles. The van der Waals surface area contributed by atoms with Crippen LogP contribution in [0.2, 0.25) is 5.02 Å². The summed E-state index contributed by atoms with van der Waals surface area (Å²) < 4.78 is 3.37. The summed E-state index contributed by atoms with van der Waals surface area (Å²) in [5.74, 6) is 0. The first kappa shape index (κ1) is 15.6. The summed E-state index contributed by atoms with van der Waals surface area (Å²) in [6.07, 6.45) is 8.90. The van der Waals surface area contributed by atoms with Gasteiger partial charge >= 0.3 is 0 Å². The van der Waals surface area contributed by atoms with Crippen molar-refractivity contribution in [3.63, 3.8) is 0 Å². The van der Waals surface area contributed by atoms with E-state index in [2.05, 4.69) is 22.3 Å². The molecule has 1 atom stereocenters. The molecule has 114 valence electrons. The van der Waals surface area contributed by atoms with E-state index in [4.69, 9.17) is 11.6 Å². The van der Waals surface area contributed by atoms with Gasteiger partial charge in [0.1, 0.15) is 5.02 Å². The van der Waals surface area contributed by atoms with Gasteiger partial charge in [-0.15, -0.1) is 0 Å². The normalized spacial score (nSPS) is 12.3. The number of anilines is 1. The Morgan fingerprint density at radius 3 is 2.95 bits per heavy atom. The van der Waals surface area contributed by atoms with Crippen molar-refractivity contribution in [3.05, 3.63) is 40.3 Å². The number of hydrogen-bond donors (Lipinski definition) is 1. The lowest BCUT2D eigenvalue weighted by Crippen LogP contribution is -2.27. The van der Waals surface area contributed by atoms with Gasteiger partial charge in [0.25, 0.3) is 5.56 Å². The highest BCUT2D eigenvalue weighted by Crippen LogP contribution is 2.16. The Morgan fingerprint density at radius 1 is 1.48 bits per heavy atom. The Morgan fingerprint density at radius 2 is 2.29 bits per heavy atom. The van der Waals surface area contributed by atoms with Crippen molar-refractivity contribution < 1.29 is 0 Å². The van der Waals surface area contributed by atoms with Gasteiger partial charge in [-0.2, -0.15) is 5.10 Å². The minimum Gasteiger partial charge on any atom is -0.378 e. The van der Waals surface area contributed by atoms with Crippen LogP contribution in [0.4, 0.5) is 5.69 Å². The van der Waals surface area contributed by atoms with E-state index in [-0.39, 0.29) is 16.6 Å². The van der Waals surface area contributed by atoms with Crippen molar-refractivity contribution >= 4 is 17.3 Å². The quantitative estimate of drug-likeness (QED) is 0.853. The lowest BCUT2D eigenvalue weighted by molar-refractivity contribution is 0.542. The molecule has 6 nitrogen and oxygen atoms in total. The van der Waals surface area contributed by atoms with Crippen LogP contribution in [0.25, 0.3) is 0 Å². The van der Waals surface area contributed by atoms with E-state index in [0.717, 1.165) is 19.4 Å². The zero-order valence-electron chi connectivity index (χ0n) is 12.3. The summed E-state index contributed by atoms with van der Waals surface area (Å²) in [5, 5.41) is 7.57. The fourth-order valence-electron chi connectivity index (χ4n) is 2.05. The van der Waals surface area contributed by atoms with Crippen LogP contribution in [0.15, 0.2) is 29.7 Å². The van der Waals surface area contributed by atoms with Crippen molar-refractivity contribution in [2.75, 3.05) is 5.32 Å². The van der Waals surface area contributed by atoms with E-state index < -0.39 is 0 Å². The first-order chi connectivity index (χ1) is 10.1. The minimum absolute atomic E-state index is 0.101. The van der Waals surface area contributed by atoms with Crippen molar-refractivity contribution in [3.8, 4) is 0 Å². The molecule has 21 heavy (non-hydrogen) atoms. The third-order valence-electron chi connectivity index (χ3n) is 3.15. The highest BCUT2D eigenvalue weighted by molar-refractivity contribution is 6.32. The third-order valence-corrected chi connectivity index (χ3v) is 3.52. The molecule has 0 saturated carbocycles. The summed E-state index contributed by atoms with van der Waals surface area (Å²) in [7, 11) is 0. The molecule has 0 fully saturated rings. The number of aryl methyl sites for hydroxylation is 1. The van der Waals surface area contributed by atoms with Gasteiger partial charge in [0.2, 0.25) is 0 Å². The monoisotopic (exact) mass is 309 g/mol. The maximum absolute atomic E-state index is 12.1. The fourth-order valence-corrected chi connectivity index (χ4v) is 2.26. The summed E-state index contributed by atoms with van der Waals surface area (Å²) in [6.45, 7) is 5.41. The van der Waals surface area contributed by atoms with Crippen LogP contribution < -0.4 is 10.9 Å². The number of nitrogens with zero attached hydrogens (tertiary/aromatic N) is 4. The molecule has 0 aliphatic carbocycles. The van der Waals surface area contributed by atoms with Gasteiger partial charge < -0.3 is 9.88 Å². The molecule has 1 unspecified atom stereocenters. The standard InChI is InChI=1S/C14H20ClN5O/c1-3-4-6-20-14(21)13(15)12(8-17-20)18-11(2)9-19-7-5-16-10-19/h5,7-8,10-11,18H,3-4,6,9H2,1-2H3. The van der Waals surface area contributed by atoms with Crippen LogP contribution in [0, 0.1) is 0 Å². The molecular weight excluding hydrogens is 290 g/mol. The number of halogens is 1. The zero-order chi connectivity index (χ0) is 15.2. The van der Waals surface area contributed by atoms with Gasteiger partial charge in [-0.1, -0.05) is 24.9 Å². The number of imidazole rings is 1. The van der Waals surface area contributed by atoms with Crippen molar-refractivity contribution in [2.24, 2.45) is 0 Å². The fraction of sp³-hybridized carbons (Fsp3) is 0.500. The van der Waals surface area contributed by atoms with Gasteiger partial charge in [0, 0.05) is 31.5 Å². The number of rotatable bonds is 7. The predicted octanol–water partition coefficient (Wildman–Crippen LogP) is 2.39. The Hall–Kier alpha value is -1.82. The molecule has 2 aromatic heterocycles. The Kier molecular flexibility index (Phi) is 5.38. The predicted molar refractivity (Wildman–Crippen MR) is 83.7 cm³/mol.